The van der Waals surface area contributed by atoms with Gasteiger partial charge in [-0.3, -0.25) is 9.69 Å². The van der Waals surface area contributed by atoms with Crippen molar-refractivity contribution in [3.8, 4) is 11.3 Å². The number of carbonyl (C=O) groups is 1. The highest BCUT2D eigenvalue weighted by Gasteiger charge is 2.27. The van der Waals surface area contributed by atoms with Gasteiger partial charge in [-0.2, -0.15) is 0 Å². The van der Waals surface area contributed by atoms with E-state index in [9.17, 15) is 9.18 Å². The highest BCUT2D eigenvalue weighted by atomic mass is 79.9. The van der Waals surface area contributed by atoms with Gasteiger partial charge in [0.2, 0.25) is 0 Å². The Bertz CT molecular complexity index is 953. The van der Waals surface area contributed by atoms with Crippen LogP contribution in [0.1, 0.15) is 23.2 Å². The summed E-state index contributed by atoms with van der Waals surface area (Å²) in [5.74, 6) is -0.396. The Kier molecular flexibility index (Phi) is 5.85. The number of anilines is 1. The summed E-state index contributed by atoms with van der Waals surface area (Å²) < 4.78 is 19.9. The average molecular weight is 461 g/mol. The van der Waals surface area contributed by atoms with Crippen LogP contribution in [0.2, 0.25) is 0 Å². The first-order chi connectivity index (χ1) is 13.6. The van der Waals surface area contributed by atoms with Crippen molar-refractivity contribution in [1.82, 2.24) is 4.98 Å². The second kappa shape index (κ2) is 8.51. The maximum Gasteiger partial charge on any atom is 0.260 e. The number of amides is 1. The lowest BCUT2D eigenvalue weighted by atomic mass is 10.1. The second-order valence-corrected chi connectivity index (χ2v) is 8.33. The van der Waals surface area contributed by atoms with Gasteiger partial charge in [0.25, 0.3) is 5.91 Å². The maximum atomic E-state index is 13.2. The van der Waals surface area contributed by atoms with Gasteiger partial charge in [-0.25, -0.2) is 9.37 Å². The van der Waals surface area contributed by atoms with Gasteiger partial charge in [-0.1, -0.05) is 15.9 Å². The van der Waals surface area contributed by atoms with Gasteiger partial charge < -0.3 is 4.74 Å². The van der Waals surface area contributed by atoms with E-state index >= 15 is 0 Å². The molecule has 1 aliphatic rings. The summed E-state index contributed by atoms with van der Waals surface area (Å²) in [4.78, 5) is 19.6. The molecule has 2 heterocycles. The molecule has 1 fully saturated rings. The van der Waals surface area contributed by atoms with Crippen LogP contribution in [-0.4, -0.2) is 30.1 Å². The van der Waals surface area contributed by atoms with Gasteiger partial charge in [0, 0.05) is 27.6 Å². The minimum absolute atomic E-state index is 0.0116. The van der Waals surface area contributed by atoms with E-state index in [4.69, 9.17) is 4.74 Å². The molecule has 0 spiro atoms. The van der Waals surface area contributed by atoms with Gasteiger partial charge in [0.15, 0.2) is 5.13 Å². The molecule has 4 rings (SSSR count). The van der Waals surface area contributed by atoms with Crippen molar-refractivity contribution < 1.29 is 13.9 Å². The molecule has 0 saturated carbocycles. The number of benzene rings is 2. The molecule has 1 atom stereocenters. The van der Waals surface area contributed by atoms with Crippen LogP contribution in [0.5, 0.6) is 0 Å². The van der Waals surface area contributed by atoms with E-state index in [0.29, 0.717) is 17.2 Å². The monoisotopic (exact) mass is 460 g/mol. The Balaban J connectivity index is 1.64. The summed E-state index contributed by atoms with van der Waals surface area (Å²) in [6.45, 7) is 1.19. The number of hydrogen-bond donors (Lipinski definition) is 0. The molecule has 0 aliphatic carbocycles. The summed E-state index contributed by atoms with van der Waals surface area (Å²) >= 11 is 4.80. The molecule has 1 amide bonds. The van der Waals surface area contributed by atoms with Gasteiger partial charge in [0.05, 0.1) is 18.3 Å². The summed E-state index contributed by atoms with van der Waals surface area (Å²) in [7, 11) is 0. The fraction of sp³-hybridized carbons (Fsp3) is 0.238. The van der Waals surface area contributed by atoms with Crippen molar-refractivity contribution in [2.75, 3.05) is 18.1 Å². The summed E-state index contributed by atoms with van der Waals surface area (Å²) in [6, 6.07) is 13.5. The molecule has 0 N–H and O–H groups in total. The molecular formula is C21H18BrFN2O2S. The van der Waals surface area contributed by atoms with E-state index in [1.807, 2.05) is 17.5 Å². The van der Waals surface area contributed by atoms with Gasteiger partial charge in [-0.05, 0) is 61.4 Å². The number of aromatic nitrogens is 1. The Labute approximate surface area is 175 Å². The molecule has 7 heteroatoms. The minimum Gasteiger partial charge on any atom is -0.376 e. The highest BCUT2D eigenvalue weighted by molar-refractivity contribution is 9.10. The van der Waals surface area contributed by atoms with E-state index in [0.717, 1.165) is 35.2 Å². The number of ether oxygens (including phenoxy) is 1. The normalized spacial score (nSPS) is 16.3. The maximum absolute atomic E-state index is 13.2. The number of nitrogens with zero attached hydrogens (tertiary/aromatic N) is 2. The van der Waals surface area contributed by atoms with Crippen LogP contribution in [0.3, 0.4) is 0 Å². The zero-order valence-electron chi connectivity index (χ0n) is 15.0. The van der Waals surface area contributed by atoms with Crippen molar-refractivity contribution >= 4 is 38.3 Å². The van der Waals surface area contributed by atoms with Crippen LogP contribution < -0.4 is 4.90 Å². The largest absolute Gasteiger partial charge is 0.376 e. The molecule has 0 bridgehead atoms. The number of carbonyl (C=O) groups excluding carboxylic acids is 1. The fourth-order valence-corrected chi connectivity index (χ4v) is 4.24. The Morgan fingerprint density at radius 3 is 2.64 bits per heavy atom. The first kappa shape index (κ1) is 19.2. The SMILES string of the molecule is O=C(c1ccc(Br)cc1)N(CC1CCCO1)c1nc(-c2ccc(F)cc2)cs1. The lowest BCUT2D eigenvalue weighted by Gasteiger charge is -2.23. The van der Waals surface area contributed by atoms with Crippen LogP contribution >= 0.6 is 27.3 Å². The van der Waals surface area contributed by atoms with E-state index in [1.165, 1.54) is 23.5 Å². The molecule has 1 aromatic heterocycles. The molecule has 3 aromatic rings. The smallest absolute Gasteiger partial charge is 0.260 e. The van der Waals surface area contributed by atoms with Crippen molar-refractivity contribution in [2.45, 2.75) is 18.9 Å². The number of halogens is 2. The zero-order valence-corrected chi connectivity index (χ0v) is 17.4. The molecule has 28 heavy (non-hydrogen) atoms. The lowest BCUT2D eigenvalue weighted by molar-refractivity contribution is 0.0917. The third kappa shape index (κ3) is 4.32. The van der Waals surface area contributed by atoms with Gasteiger partial charge >= 0.3 is 0 Å². The molecule has 2 aromatic carbocycles. The number of rotatable bonds is 5. The average Bonchev–Trinajstić information content (AvgIpc) is 3.39. The van der Waals surface area contributed by atoms with Crippen LogP contribution in [0.4, 0.5) is 9.52 Å². The molecule has 1 aliphatic heterocycles. The zero-order chi connectivity index (χ0) is 19.5. The Hall–Kier alpha value is -2.09. The first-order valence-corrected chi connectivity index (χ1v) is 10.7. The van der Waals surface area contributed by atoms with Crippen LogP contribution in [0.15, 0.2) is 58.4 Å². The standard InChI is InChI=1S/C21H18BrFN2O2S/c22-16-7-3-15(4-8-16)20(26)25(12-18-2-1-11-27-18)21-24-19(13-28-21)14-5-9-17(23)10-6-14/h3-10,13,18H,1-2,11-12H2. The summed E-state index contributed by atoms with van der Waals surface area (Å²) in [5.41, 5.74) is 2.14. The quantitative estimate of drug-likeness (QED) is 0.501. The van der Waals surface area contributed by atoms with Crippen molar-refractivity contribution in [3.63, 3.8) is 0 Å². The molecule has 1 saturated heterocycles. The minimum atomic E-state index is -0.287. The number of thiazole rings is 1. The van der Waals surface area contributed by atoms with Crippen LogP contribution in [0, 0.1) is 5.82 Å². The Morgan fingerprint density at radius 1 is 1.21 bits per heavy atom. The topological polar surface area (TPSA) is 42.4 Å². The lowest BCUT2D eigenvalue weighted by Crippen LogP contribution is -2.37. The molecular weight excluding hydrogens is 443 g/mol. The molecule has 0 radical (unpaired) electrons. The third-order valence-corrected chi connectivity index (χ3v) is 6.00. The van der Waals surface area contributed by atoms with Crippen molar-refractivity contribution in [2.24, 2.45) is 0 Å². The highest BCUT2D eigenvalue weighted by Crippen LogP contribution is 2.30. The first-order valence-electron chi connectivity index (χ1n) is 9.00. The van der Waals surface area contributed by atoms with E-state index in [1.54, 1.807) is 29.2 Å². The summed E-state index contributed by atoms with van der Waals surface area (Å²) in [5, 5.41) is 2.50. The second-order valence-electron chi connectivity index (χ2n) is 6.58. The predicted octanol–water partition coefficient (Wildman–Crippen LogP) is 5.54. The van der Waals surface area contributed by atoms with Crippen LogP contribution in [-0.2, 0) is 4.74 Å². The van der Waals surface area contributed by atoms with Crippen LogP contribution in [0.25, 0.3) is 11.3 Å². The van der Waals surface area contributed by atoms with Gasteiger partial charge in [0.1, 0.15) is 5.82 Å². The predicted molar refractivity (Wildman–Crippen MR) is 112 cm³/mol. The summed E-state index contributed by atoms with van der Waals surface area (Å²) in [6.07, 6.45) is 1.95. The van der Waals surface area contributed by atoms with Crippen molar-refractivity contribution in [3.05, 3.63) is 69.8 Å². The van der Waals surface area contributed by atoms with Crippen molar-refractivity contribution in [1.29, 1.82) is 0 Å². The number of hydrogen-bond acceptors (Lipinski definition) is 4. The van der Waals surface area contributed by atoms with E-state index < -0.39 is 0 Å². The molecule has 1 unspecified atom stereocenters. The third-order valence-electron chi connectivity index (χ3n) is 4.61. The fourth-order valence-electron chi connectivity index (χ4n) is 3.13. The molecule has 144 valence electrons. The Morgan fingerprint density at radius 2 is 1.96 bits per heavy atom. The van der Waals surface area contributed by atoms with E-state index in [2.05, 4.69) is 20.9 Å². The molecule has 4 nitrogen and oxygen atoms in total. The van der Waals surface area contributed by atoms with Gasteiger partial charge in [-0.15, -0.1) is 11.3 Å². The van der Waals surface area contributed by atoms with E-state index in [-0.39, 0.29) is 17.8 Å².